The van der Waals surface area contributed by atoms with Crippen LogP contribution in [-0.2, 0) is 96.2 Å². The summed E-state index contributed by atoms with van der Waals surface area (Å²) in [6, 6.07) is 40.8. The third kappa shape index (κ3) is 24.3. The average Bonchev–Trinajstić information content (AvgIpc) is 1.52. The number of sulfonamides is 3. The molecule has 10 rings (SSSR count). The molecule has 1 aliphatic heterocycles. The number of rotatable bonds is 33. The molecule has 20 nitrogen and oxygen atoms in total. The summed E-state index contributed by atoms with van der Waals surface area (Å²) in [5, 5.41) is 12.7. The zero-order valence-corrected chi connectivity index (χ0v) is 63.2. The quantitative estimate of drug-likeness (QED) is 0.0189. The number of anilines is 1. The van der Waals surface area contributed by atoms with Gasteiger partial charge in [0.1, 0.15) is 11.8 Å². The third-order valence-electron chi connectivity index (χ3n) is 16.0. The van der Waals surface area contributed by atoms with Crippen molar-refractivity contribution in [1.29, 1.82) is 0 Å². The fourth-order valence-corrected chi connectivity index (χ4v) is 15.7. The molecule has 3 aromatic heterocycles. The van der Waals surface area contributed by atoms with Gasteiger partial charge in [-0.3, -0.25) is 14.4 Å². The van der Waals surface area contributed by atoms with Crippen LogP contribution in [-0.4, -0.2) is 110 Å². The Balaban J connectivity index is 0.000000198. The molecule has 1 aliphatic rings. The summed E-state index contributed by atoms with van der Waals surface area (Å²) in [7, 11) is -11.0. The molecule has 6 aromatic carbocycles. The first kappa shape index (κ1) is 80.7. The Morgan fingerprint density at radius 2 is 0.990 bits per heavy atom. The van der Waals surface area contributed by atoms with Crippen LogP contribution in [0.3, 0.4) is 0 Å². The Morgan fingerprint density at radius 3 is 1.44 bits per heavy atom. The number of thiophene rings is 3. The van der Waals surface area contributed by atoms with Crippen LogP contribution in [0.1, 0.15) is 69.5 Å². The Hall–Kier alpha value is -9.02. The molecule has 0 radical (unpaired) electrons. The van der Waals surface area contributed by atoms with Gasteiger partial charge in [0.2, 0.25) is 54.6 Å². The lowest BCUT2D eigenvalue weighted by atomic mass is 10.1. The van der Waals surface area contributed by atoms with E-state index in [9.17, 15) is 39.6 Å². The van der Waals surface area contributed by atoms with Gasteiger partial charge in [-0.25, -0.2) is 25.3 Å². The van der Waals surface area contributed by atoms with Crippen molar-refractivity contribution in [2.24, 2.45) is 5.73 Å². The van der Waals surface area contributed by atoms with Gasteiger partial charge in [0.25, 0.3) is 0 Å². The predicted molar refractivity (Wildman–Crippen MR) is 412 cm³/mol. The second kappa shape index (κ2) is 39.7. The number of hydrogen-bond acceptors (Lipinski definition) is 17. The van der Waals surface area contributed by atoms with Crippen molar-refractivity contribution in [3.8, 4) is 54.3 Å². The summed E-state index contributed by atoms with van der Waals surface area (Å²) in [6.07, 6.45) is 18.5. The molecule has 544 valence electrons. The number of nitrogens with zero attached hydrogens (tertiary/aromatic N) is 3. The van der Waals surface area contributed by atoms with Crippen molar-refractivity contribution in [3.63, 3.8) is 0 Å². The van der Waals surface area contributed by atoms with Crippen molar-refractivity contribution in [2.45, 2.75) is 85.8 Å². The minimum absolute atomic E-state index is 0.00704. The number of nitrogens with two attached hydrogens (primary N) is 2. The first-order valence-corrected chi connectivity index (χ1v) is 40.6. The average molecular weight is 1560 g/mol. The molecule has 9 aromatic rings. The van der Waals surface area contributed by atoms with Crippen LogP contribution in [0.15, 0.2) is 193 Å². The van der Waals surface area contributed by atoms with Gasteiger partial charge in [-0.2, -0.15) is 48.2 Å². The van der Waals surface area contributed by atoms with Crippen molar-refractivity contribution in [1.82, 2.24) is 28.9 Å². The standard InChI is InChI=1S/C27H30ClN3O4S2.C25H24N2O5S2.C24H24ClN3O3S2/c1-3-13-30-37(33,34)24-8-5-20(6-9-24)11-14-31(27(32)26(29)21-12-16-36-19-21)18-22-17-23(28)7-10-25(22)35-15-4-2;1-2-12-26-34(29,30)22-8-6-19(7-9-22)10-13-27(24(28)15-20-11-14-33-17-20)16-21-4-3-5-23-25(21)32-18-31-23;1-2-11-27-33(30,31)22-6-3-18(4-7-22)9-12-28(24(29)14-19-10-13-32-17-19)16-20-15-21(25)5-8-23(20)26/h1,5-10,12,16-17,19,26,30H,4,11,13-15,18,29H2,2H3;1,3-9,11,14,17,26H,10,12-13,15-16,18H2;1,3-8,10,13,15,17,27H,9,11-12,14,16,26H2/t26-;;/m0../s1. The monoisotopic (exact) mass is 1560 g/mol. The van der Waals surface area contributed by atoms with Crippen LogP contribution in [0.25, 0.3) is 0 Å². The highest BCUT2D eigenvalue weighted by molar-refractivity contribution is 7.90. The molecule has 28 heteroatoms. The van der Waals surface area contributed by atoms with Crippen LogP contribution in [0.2, 0.25) is 10.0 Å². The minimum Gasteiger partial charge on any atom is -0.493 e. The van der Waals surface area contributed by atoms with Gasteiger partial charge in [-0.1, -0.05) is 96.4 Å². The summed E-state index contributed by atoms with van der Waals surface area (Å²) >= 11 is 17.0. The highest BCUT2D eigenvalue weighted by atomic mass is 35.5. The maximum Gasteiger partial charge on any atom is 0.244 e. The van der Waals surface area contributed by atoms with E-state index in [2.05, 4.69) is 31.9 Å². The number of halogens is 2. The first-order valence-electron chi connectivity index (χ1n) is 32.5. The van der Waals surface area contributed by atoms with E-state index >= 15 is 0 Å². The zero-order valence-electron chi connectivity index (χ0n) is 56.8. The highest BCUT2D eigenvalue weighted by Gasteiger charge is 2.27. The Bertz CT molecular complexity index is 4800. The first-order chi connectivity index (χ1) is 50.0. The molecule has 7 N–H and O–H groups in total. The number of benzene rings is 6. The smallest absolute Gasteiger partial charge is 0.244 e. The lowest BCUT2D eigenvalue weighted by Crippen LogP contribution is -2.39. The summed E-state index contributed by atoms with van der Waals surface area (Å²) in [4.78, 5) is 45.4. The Morgan fingerprint density at radius 1 is 0.548 bits per heavy atom. The number of hydrogen-bond donors (Lipinski definition) is 5. The SMILES string of the molecule is C#CCNS(=O)(=O)c1ccc(CCN(Cc2cc(Cl)ccc2N)C(=O)Cc2ccsc2)cc1.C#CCNS(=O)(=O)c1ccc(CCN(Cc2cc(Cl)ccc2OCCC)C(=O)[C@@H](N)c2ccsc2)cc1.C#CCNS(=O)(=O)c1ccc(CCN(Cc2cccc3c2OCO3)C(=O)Cc2ccsc2)cc1. The lowest BCUT2D eigenvalue weighted by Gasteiger charge is -2.27. The number of carbonyl (C=O) groups is 3. The van der Waals surface area contributed by atoms with E-state index in [1.165, 1.54) is 35.6 Å². The molecule has 1 atom stereocenters. The van der Waals surface area contributed by atoms with E-state index in [0.29, 0.717) is 104 Å². The number of amides is 3. The number of fused-ring (bicyclic) bond motifs is 1. The van der Waals surface area contributed by atoms with Gasteiger partial charge in [0.05, 0.1) is 53.8 Å². The normalized spacial score (nSPS) is 11.9. The van der Waals surface area contributed by atoms with E-state index in [4.69, 9.17) is 68.1 Å². The Kier molecular flexibility index (Phi) is 30.8. The van der Waals surface area contributed by atoms with Gasteiger partial charge in [0.15, 0.2) is 11.5 Å². The second-order valence-electron chi connectivity index (χ2n) is 23.4. The topological polar surface area (TPSA) is 279 Å². The molecular weight excluding hydrogens is 1480 g/mol. The fourth-order valence-electron chi connectivity index (χ4n) is 10.4. The van der Waals surface area contributed by atoms with Gasteiger partial charge in [0, 0.05) is 66.1 Å². The molecule has 104 heavy (non-hydrogen) atoms. The number of para-hydroxylation sites is 1. The summed E-state index contributed by atoms with van der Waals surface area (Å²) in [5.74, 6) is 8.53. The third-order valence-corrected chi connectivity index (χ3v) is 22.9. The van der Waals surface area contributed by atoms with E-state index in [-0.39, 0.29) is 65.4 Å². The van der Waals surface area contributed by atoms with E-state index < -0.39 is 36.1 Å². The summed E-state index contributed by atoms with van der Waals surface area (Å²) in [6.45, 7) is 4.76. The van der Waals surface area contributed by atoms with Gasteiger partial charge in [-0.05, 0) is 194 Å². The number of ether oxygens (including phenoxy) is 3. The molecule has 0 aliphatic carbocycles. The van der Waals surface area contributed by atoms with Gasteiger partial charge in [-0.15, -0.1) is 19.3 Å². The van der Waals surface area contributed by atoms with Crippen LogP contribution in [0.5, 0.6) is 17.2 Å². The van der Waals surface area contributed by atoms with Gasteiger partial charge >= 0.3 is 0 Å². The molecule has 0 spiro atoms. The number of nitrogens with one attached hydrogen (secondary N) is 3. The summed E-state index contributed by atoms with van der Waals surface area (Å²) in [5.41, 5.74) is 20.8. The van der Waals surface area contributed by atoms with E-state index in [0.717, 1.165) is 56.5 Å². The number of terminal acetylenes is 3. The van der Waals surface area contributed by atoms with Crippen LogP contribution < -0.4 is 39.8 Å². The van der Waals surface area contributed by atoms with E-state index in [1.807, 2.05) is 81.7 Å². The molecule has 0 bridgehead atoms. The largest absolute Gasteiger partial charge is 0.493 e. The molecule has 4 heterocycles. The van der Waals surface area contributed by atoms with Crippen molar-refractivity contribution < 1.29 is 53.8 Å². The summed E-state index contributed by atoms with van der Waals surface area (Å²) < 4.78 is 97.4. The molecule has 0 saturated heterocycles. The predicted octanol–water partition coefficient (Wildman–Crippen LogP) is 11.3. The minimum atomic E-state index is -3.68. The number of carbonyl (C=O) groups excluding carboxylic acids is 3. The van der Waals surface area contributed by atoms with Crippen LogP contribution in [0.4, 0.5) is 5.69 Å². The van der Waals surface area contributed by atoms with Gasteiger partial charge < -0.3 is 40.4 Å². The van der Waals surface area contributed by atoms with Crippen molar-refractivity contribution in [3.05, 3.63) is 238 Å². The maximum atomic E-state index is 13.5. The molecule has 3 amide bonds. The van der Waals surface area contributed by atoms with Crippen LogP contribution in [0, 0.1) is 37.0 Å². The lowest BCUT2D eigenvalue weighted by molar-refractivity contribution is -0.133. The highest BCUT2D eigenvalue weighted by Crippen LogP contribution is 2.36. The van der Waals surface area contributed by atoms with Crippen molar-refractivity contribution >= 4 is 111 Å². The molecular formula is C76H78Cl2N8O12S6. The fraction of sp³-hybridized carbons (Fsp3) is 0.250. The van der Waals surface area contributed by atoms with Crippen LogP contribution >= 0.6 is 57.2 Å². The number of nitrogen functional groups attached to an aromatic ring is 1. The van der Waals surface area contributed by atoms with E-state index in [1.54, 1.807) is 116 Å². The molecule has 0 saturated carbocycles. The second-order valence-corrected chi connectivity index (χ2v) is 31.9. The zero-order chi connectivity index (χ0) is 74.7. The Labute approximate surface area is 630 Å². The molecule has 0 unspecified atom stereocenters. The maximum absolute atomic E-state index is 13.5. The van der Waals surface area contributed by atoms with Crippen molar-refractivity contribution in [2.75, 3.05) is 58.4 Å². The molecule has 0 fully saturated rings.